The zero-order chi connectivity index (χ0) is 19.9. The average Bonchev–Trinajstić information content (AvgIpc) is 2.97. The van der Waals surface area contributed by atoms with Crippen LogP contribution in [0.15, 0.2) is 34.8 Å². The van der Waals surface area contributed by atoms with Crippen LogP contribution in [0.5, 0.6) is 0 Å². The van der Waals surface area contributed by atoms with Gasteiger partial charge in [0.15, 0.2) is 11.8 Å². The summed E-state index contributed by atoms with van der Waals surface area (Å²) in [4.78, 5) is 16.5. The SMILES string of the molecule is Cc1nc2cc(-c3cccc(Br)c3)nn2c(I)c1C(OC(C)(C)C)C(=O)O. The number of aliphatic carboxylic acids is 1. The molecule has 0 bridgehead atoms. The van der Waals surface area contributed by atoms with Gasteiger partial charge in [-0.1, -0.05) is 28.1 Å². The summed E-state index contributed by atoms with van der Waals surface area (Å²) in [5.41, 5.74) is 2.90. The first-order valence-corrected chi connectivity index (χ1v) is 10.2. The molecule has 1 atom stereocenters. The van der Waals surface area contributed by atoms with Crippen molar-refractivity contribution < 1.29 is 14.6 Å². The second-order valence-corrected chi connectivity index (χ2v) is 9.10. The molecule has 0 amide bonds. The molecule has 3 rings (SSSR count). The molecule has 0 aliphatic carbocycles. The maximum Gasteiger partial charge on any atom is 0.337 e. The van der Waals surface area contributed by atoms with Crippen molar-refractivity contribution in [2.45, 2.75) is 39.4 Å². The van der Waals surface area contributed by atoms with E-state index in [9.17, 15) is 9.90 Å². The molecule has 6 nitrogen and oxygen atoms in total. The molecule has 3 aromatic rings. The fraction of sp³-hybridized carbons (Fsp3) is 0.316. The molecule has 0 saturated heterocycles. The number of aryl methyl sites for hydroxylation is 1. The highest BCUT2D eigenvalue weighted by molar-refractivity contribution is 14.1. The fourth-order valence-corrected chi connectivity index (χ4v) is 4.19. The summed E-state index contributed by atoms with van der Waals surface area (Å²) in [7, 11) is 0. The number of benzene rings is 1. The average molecular weight is 544 g/mol. The number of hydrogen-bond donors (Lipinski definition) is 1. The molecule has 0 saturated carbocycles. The van der Waals surface area contributed by atoms with Crippen molar-refractivity contribution in [3.63, 3.8) is 0 Å². The van der Waals surface area contributed by atoms with Gasteiger partial charge in [0.05, 0.1) is 11.3 Å². The van der Waals surface area contributed by atoms with Gasteiger partial charge in [0.2, 0.25) is 0 Å². The van der Waals surface area contributed by atoms with Gasteiger partial charge < -0.3 is 9.84 Å². The molecular weight excluding hydrogens is 525 g/mol. The zero-order valence-corrected chi connectivity index (χ0v) is 19.1. The Hall–Kier alpha value is -1.52. The minimum atomic E-state index is -1.12. The molecule has 1 aromatic carbocycles. The largest absolute Gasteiger partial charge is 0.479 e. The van der Waals surface area contributed by atoms with Gasteiger partial charge in [-0.2, -0.15) is 5.10 Å². The zero-order valence-electron chi connectivity index (χ0n) is 15.3. The highest BCUT2D eigenvalue weighted by Gasteiger charge is 2.31. The Kier molecular flexibility index (Phi) is 5.60. The predicted molar refractivity (Wildman–Crippen MR) is 115 cm³/mol. The van der Waals surface area contributed by atoms with Crippen LogP contribution in [0.4, 0.5) is 0 Å². The van der Waals surface area contributed by atoms with E-state index in [0.717, 1.165) is 15.7 Å². The van der Waals surface area contributed by atoms with E-state index in [1.54, 1.807) is 11.4 Å². The van der Waals surface area contributed by atoms with E-state index in [0.29, 0.717) is 20.6 Å². The van der Waals surface area contributed by atoms with Crippen molar-refractivity contribution in [2.75, 3.05) is 0 Å². The van der Waals surface area contributed by atoms with Crippen LogP contribution in [0.1, 0.15) is 38.1 Å². The van der Waals surface area contributed by atoms with Gasteiger partial charge in [-0.3, -0.25) is 0 Å². The van der Waals surface area contributed by atoms with Crippen LogP contribution < -0.4 is 0 Å². The number of nitrogens with zero attached hydrogens (tertiary/aromatic N) is 3. The first-order valence-electron chi connectivity index (χ1n) is 8.29. The van der Waals surface area contributed by atoms with Crippen molar-refractivity contribution >= 4 is 50.1 Å². The lowest BCUT2D eigenvalue weighted by Gasteiger charge is -2.26. The highest BCUT2D eigenvalue weighted by Crippen LogP contribution is 2.31. The maximum absolute atomic E-state index is 11.9. The fourth-order valence-electron chi connectivity index (χ4n) is 2.76. The van der Waals surface area contributed by atoms with E-state index in [2.05, 4.69) is 48.6 Å². The first kappa shape index (κ1) is 20.2. The Morgan fingerprint density at radius 1 is 1.33 bits per heavy atom. The molecule has 8 heteroatoms. The Labute approximate surface area is 179 Å². The summed E-state index contributed by atoms with van der Waals surface area (Å²) in [6.45, 7) is 7.29. The van der Waals surface area contributed by atoms with E-state index < -0.39 is 17.7 Å². The second-order valence-electron chi connectivity index (χ2n) is 7.16. The van der Waals surface area contributed by atoms with Crippen LogP contribution in [-0.2, 0) is 9.53 Å². The van der Waals surface area contributed by atoms with Crippen LogP contribution in [0, 0.1) is 10.6 Å². The molecule has 1 N–H and O–H groups in total. The van der Waals surface area contributed by atoms with Crippen molar-refractivity contribution in [3.05, 3.63) is 49.8 Å². The lowest BCUT2D eigenvalue weighted by molar-refractivity contribution is -0.160. The standard InChI is InChI=1S/C19H19BrIN3O3/c1-10-15(16(18(25)26)27-19(2,3)4)17(21)24-14(22-10)9-13(23-24)11-6-5-7-12(20)8-11/h5-9,16H,1-4H3,(H,25,26). The van der Waals surface area contributed by atoms with Crippen LogP contribution in [-0.4, -0.2) is 31.3 Å². The molecule has 0 aliphatic heterocycles. The van der Waals surface area contributed by atoms with Crippen LogP contribution >= 0.6 is 38.5 Å². The van der Waals surface area contributed by atoms with Gasteiger partial charge in [0.1, 0.15) is 3.70 Å². The van der Waals surface area contributed by atoms with Gasteiger partial charge >= 0.3 is 5.97 Å². The molecular formula is C19H19BrIN3O3. The summed E-state index contributed by atoms with van der Waals surface area (Å²) in [6.07, 6.45) is -1.12. The van der Waals surface area contributed by atoms with E-state index >= 15 is 0 Å². The van der Waals surface area contributed by atoms with Crippen molar-refractivity contribution in [3.8, 4) is 11.3 Å². The summed E-state index contributed by atoms with van der Waals surface area (Å²) in [5, 5.41) is 14.4. The summed E-state index contributed by atoms with van der Waals surface area (Å²) < 4.78 is 9.11. The van der Waals surface area contributed by atoms with Gasteiger partial charge in [-0.15, -0.1) is 0 Å². The maximum atomic E-state index is 11.9. The van der Waals surface area contributed by atoms with Crippen LogP contribution in [0.2, 0.25) is 0 Å². The Morgan fingerprint density at radius 2 is 2.04 bits per heavy atom. The quantitative estimate of drug-likeness (QED) is 0.369. The number of aromatic nitrogens is 3. The van der Waals surface area contributed by atoms with Crippen LogP contribution in [0.25, 0.3) is 16.9 Å². The number of carboxylic acids is 1. The van der Waals surface area contributed by atoms with Crippen LogP contribution in [0.3, 0.4) is 0 Å². The molecule has 0 aliphatic rings. The van der Waals surface area contributed by atoms with Gasteiger partial charge in [-0.05, 0) is 62.4 Å². The monoisotopic (exact) mass is 543 g/mol. The summed E-state index contributed by atoms with van der Waals surface area (Å²) in [6, 6.07) is 9.73. The van der Waals surface area contributed by atoms with E-state index in [-0.39, 0.29) is 0 Å². The second kappa shape index (κ2) is 7.48. The smallest absolute Gasteiger partial charge is 0.337 e. The molecule has 0 fully saturated rings. The molecule has 2 heterocycles. The third-order valence-electron chi connectivity index (χ3n) is 3.85. The van der Waals surface area contributed by atoms with E-state index in [4.69, 9.17) is 4.74 Å². The van der Waals surface area contributed by atoms with Gasteiger partial charge in [-0.25, -0.2) is 14.3 Å². The number of ether oxygens (including phenoxy) is 1. The van der Waals surface area contributed by atoms with E-state index in [1.165, 1.54) is 0 Å². The summed E-state index contributed by atoms with van der Waals surface area (Å²) in [5.74, 6) is -1.05. The van der Waals surface area contributed by atoms with Crippen molar-refractivity contribution in [1.82, 2.24) is 14.6 Å². The van der Waals surface area contributed by atoms with Gasteiger partial charge in [0, 0.05) is 27.4 Å². The highest BCUT2D eigenvalue weighted by atomic mass is 127. The number of carbonyl (C=O) groups is 1. The lowest BCUT2D eigenvalue weighted by Crippen LogP contribution is -2.29. The molecule has 0 spiro atoms. The van der Waals surface area contributed by atoms with Gasteiger partial charge in [0.25, 0.3) is 0 Å². The molecule has 142 valence electrons. The minimum absolute atomic E-state index is 0.523. The van der Waals surface area contributed by atoms with Crippen molar-refractivity contribution in [1.29, 1.82) is 0 Å². The normalized spacial score (nSPS) is 13.1. The number of hydrogen-bond acceptors (Lipinski definition) is 4. The molecule has 1 unspecified atom stereocenters. The Bertz CT molecular complexity index is 1030. The molecule has 27 heavy (non-hydrogen) atoms. The Balaban J connectivity index is 2.17. The number of carboxylic acid groups (broad SMARTS) is 1. The number of rotatable bonds is 4. The Morgan fingerprint density at radius 3 is 2.63 bits per heavy atom. The number of halogens is 2. The molecule has 2 aromatic heterocycles. The van der Waals surface area contributed by atoms with Crippen molar-refractivity contribution in [2.24, 2.45) is 0 Å². The molecule has 0 radical (unpaired) electrons. The lowest BCUT2D eigenvalue weighted by atomic mass is 10.1. The minimum Gasteiger partial charge on any atom is -0.479 e. The third-order valence-corrected chi connectivity index (χ3v) is 5.38. The predicted octanol–water partition coefficient (Wildman–Crippen LogP) is 5.01. The summed E-state index contributed by atoms with van der Waals surface area (Å²) >= 11 is 5.58. The third kappa shape index (κ3) is 4.33. The number of fused-ring (bicyclic) bond motifs is 1. The van der Waals surface area contributed by atoms with E-state index in [1.807, 2.05) is 51.1 Å². The topological polar surface area (TPSA) is 76.7 Å². The first-order chi connectivity index (χ1) is 12.6.